The van der Waals surface area contributed by atoms with Gasteiger partial charge in [-0.1, -0.05) is 25.1 Å². The minimum atomic E-state index is -0.399. The number of nitrogen functional groups attached to an aromatic ring is 1. The number of anilines is 3. The first-order valence-corrected chi connectivity index (χ1v) is 6.88. The predicted molar refractivity (Wildman–Crippen MR) is 85.2 cm³/mol. The molecule has 2 aromatic carbocycles. The molecule has 0 fully saturated rings. The number of aromatic nitrogens is 1. The topological polar surface area (TPSA) is 50.9 Å². The molecule has 21 heavy (non-hydrogen) atoms. The van der Waals surface area contributed by atoms with Crippen LogP contribution < -0.4 is 11.1 Å². The molecule has 3 nitrogen and oxygen atoms in total. The quantitative estimate of drug-likeness (QED) is 0.705. The van der Waals surface area contributed by atoms with Gasteiger partial charge >= 0.3 is 0 Å². The fourth-order valence-corrected chi connectivity index (χ4v) is 2.44. The molecule has 0 aliphatic carbocycles. The summed E-state index contributed by atoms with van der Waals surface area (Å²) in [6.45, 7) is 2.07. The molecule has 0 radical (unpaired) electrons. The van der Waals surface area contributed by atoms with Crippen molar-refractivity contribution in [2.45, 2.75) is 13.3 Å². The third-order valence-corrected chi connectivity index (χ3v) is 3.53. The number of benzene rings is 2. The van der Waals surface area contributed by atoms with E-state index in [-0.39, 0.29) is 0 Å². The molecule has 0 atom stereocenters. The first kappa shape index (κ1) is 13.4. The summed E-state index contributed by atoms with van der Waals surface area (Å²) < 4.78 is 14.3. The van der Waals surface area contributed by atoms with E-state index in [1.165, 1.54) is 6.07 Å². The molecule has 106 valence electrons. The Morgan fingerprint density at radius 3 is 2.81 bits per heavy atom. The second-order valence-electron chi connectivity index (χ2n) is 4.86. The van der Waals surface area contributed by atoms with E-state index in [1.54, 1.807) is 12.3 Å². The van der Waals surface area contributed by atoms with Gasteiger partial charge in [0.25, 0.3) is 0 Å². The molecule has 0 saturated heterocycles. The largest absolute Gasteiger partial charge is 0.398 e. The van der Waals surface area contributed by atoms with E-state index in [2.05, 4.69) is 17.2 Å². The lowest BCUT2D eigenvalue weighted by Crippen LogP contribution is -2.01. The minimum absolute atomic E-state index is 0.362. The number of para-hydroxylation sites is 1. The number of pyridine rings is 1. The van der Waals surface area contributed by atoms with Crippen LogP contribution >= 0.6 is 0 Å². The number of halogens is 1. The van der Waals surface area contributed by atoms with Crippen molar-refractivity contribution in [3.8, 4) is 0 Å². The summed E-state index contributed by atoms with van der Waals surface area (Å²) in [5, 5.41) is 3.91. The van der Waals surface area contributed by atoms with Gasteiger partial charge in [-0.25, -0.2) is 4.39 Å². The van der Waals surface area contributed by atoms with Gasteiger partial charge in [0.1, 0.15) is 5.69 Å². The second kappa shape index (κ2) is 5.40. The molecular formula is C17H16FN3. The number of hydrogen-bond donors (Lipinski definition) is 2. The molecule has 0 unspecified atom stereocenters. The first-order valence-electron chi connectivity index (χ1n) is 6.88. The van der Waals surface area contributed by atoms with Crippen LogP contribution in [0.15, 0.2) is 48.7 Å². The highest BCUT2D eigenvalue weighted by molar-refractivity contribution is 5.99. The molecular weight excluding hydrogens is 265 g/mol. The molecule has 0 bridgehead atoms. The molecule has 3 rings (SSSR count). The van der Waals surface area contributed by atoms with Crippen molar-refractivity contribution >= 4 is 28.0 Å². The highest BCUT2D eigenvalue weighted by atomic mass is 19.1. The zero-order valence-electron chi connectivity index (χ0n) is 11.7. The zero-order chi connectivity index (χ0) is 14.8. The number of hydrogen-bond acceptors (Lipinski definition) is 3. The summed E-state index contributed by atoms with van der Waals surface area (Å²) in [5.41, 5.74) is 9.17. The highest BCUT2D eigenvalue weighted by Gasteiger charge is 2.13. The van der Waals surface area contributed by atoms with Crippen LogP contribution in [0.2, 0.25) is 0 Å². The van der Waals surface area contributed by atoms with E-state index >= 15 is 0 Å². The van der Waals surface area contributed by atoms with E-state index in [1.807, 2.05) is 30.3 Å². The van der Waals surface area contributed by atoms with Crippen LogP contribution in [0.25, 0.3) is 10.9 Å². The van der Waals surface area contributed by atoms with E-state index in [0.29, 0.717) is 16.9 Å². The Bertz CT molecular complexity index is 799. The van der Waals surface area contributed by atoms with Gasteiger partial charge in [-0.05, 0) is 36.2 Å². The van der Waals surface area contributed by atoms with Crippen LogP contribution in [-0.4, -0.2) is 4.98 Å². The van der Waals surface area contributed by atoms with Gasteiger partial charge in [-0.3, -0.25) is 4.98 Å². The van der Waals surface area contributed by atoms with Gasteiger partial charge in [0.2, 0.25) is 0 Å². The highest BCUT2D eigenvalue weighted by Crippen LogP contribution is 2.32. The SMILES string of the molecule is CCc1ccccc1Nc1c(F)cc(N)c2cccnc12. The van der Waals surface area contributed by atoms with Gasteiger partial charge in [0.05, 0.1) is 5.52 Å². The van der Waals surface area contributed by atoms with Crippen LogP contribution in [0, 0.1) is 5.82 Å². The maximum Gasteiger partial charge on any atom is 0.150 e. The smallest absolute Gasteiger partial charge is 0.150 e. The van der Waals surface area contributed by atoms with Gasteiger partial charge in [-0.15, -0.1) is 0 Å². The van der Waals surface area contributed by atoms with Gasteiger partial charge in [0, 0.05) is 23.0 Å². The van der Waals surface area contributed by atoms with Crippen molar-refractivity contribution < 1.29 is 4.39 Å². The van der Waals surface area contributed by atoms with Crippen LogP contribution in [-0.2, 0) is 6.42 Å². The number of nitrogens with one attached hydrogen (secondary N) is 1. The Morgan fingerprint density at radius 2 is 2.00 bits per heavy atom. The van der Waals surface area contributed by atoms with Crippen molar-refractivity contribution in [1.29, 1.82) is 0 Å². The molecule has 0 amide bonds. The molecule has 3 aromatic rings. The van der Waals surface area contributed by atoms with Crippen LogP contribution in [0.4, 0.5) is 21.5 Å². The average molecular weight is 281 g/mol. The molecule has 3 N–H and O–H groups in total. The lowest BCUT2D eigenvalue weighted by atomic mass is 10.1. The van der Waals surface area contributed by atoms with Crippen molar-refractivity contribution in [2.75, 3.05) is 11.1 Å². The molecule has 4 heteroatoms. The first-order chi connectivity index (χ1) is 10.2. The van der Waals surface area contributed by atoms with Gasteiger partial charge in [0.15, 0.2) is 5.82 Å². The summed E-state index contributed by atoms with van der Waals surface area (Å²) in [5.74, 6) is -0.399. The van der Waals surface area contributed by atoms with E-state index in [0.717, 1.165) is 23.1 Å². The molecule has 1 heterocycles. The van der Waals surface area contributed by atoms with E-state index in [9.17, 15) is 4.39 Å². The Labute approximate surface area is 122 Å². The normalized spacial score (nSPS) is 10.8. The maximum atomic E-state index is 14.3. The van der Waals surface area contributed by atoms with Gasteiger partial charge < -0.3 is 11.1 Å². The lowest BCUT2D eigenvalue weighted by molar-refractivity contribution is 0.634. The second-order valence-corrected chi connectivity index (χ2v) is 4.86. The van der Waals surface area contributed by atoms with Crippen LogP contribution in [0.5, 0.6) is 0 Å². The monoisotopic (exact) mass is 281 g/mol. The molecule has 1 aromatic heterocycles. The number of nitrogens with two attached hydrogens (primary N) is 1. The molecule has 0 spiro atoms. The third kappa shape index (κ3) is 2.40. The Morgan fingerprint density at radius 1 is 1.19 bits per heavy atom. The molecule has 0 aliphatic rings. The summed E-state index contributed by atoms with van der Waals surface area (Å²) in [4.78, 5) is 4.27. The minimum Gasteiger partial charge on any atom is -0.398 e. The third-order valence-electron chi connectivity index (χ3n) is 3.53. The Hall–Kier alpha value is -2.62. The Kier molecular flexibility index (Phi) is 3.44. The lowest BCUT2D eigenvalue weighted by Gasteiger charge is -2.14. The zero-order valence-corrected chi connectivity index (χ0v) is 11.7. The number of rotatable bonds is 3. The summed E-state index contributed by atoms with van der Waals surface area (Å²) in [6.07, 6.45) is 2.50. The number of fused-ring (bicyclic) bond motifs is 1. The van der Waals surface area contributed by atoms with E-state index < -0.39 is 5.82 Å². The van der Waals surface area contributed by atoms with Crippen molar-refractivity contribution in [2.24, 2.45) is 0 Å². The van der Waals surface area contributed by atoms with Crippen molar-refractivity contribution in [3.63, 3.8) is 0 Å². The fourth-order valence-electron chi connectivity index (χ4n) is 2.44. The summed E-state index contributed by atoms with van der Waals surface area (Å²) in [7, 11) is 0. The standard InChI is InChI=1S/C17H16FN3/c1-2-11-6-3-4-8-15(11)21-17-13(18)10-14(19)12-7-5-9-20-16(12)17/h3-10,21H,2,19H2,1H3. The maximum absolute atomic E-state index is 14.3. The van der Waals surface area contributed by atoms with E-state index in [4.69, 9.17) is 5.73 Å². The van der Waals surface area contributed by atoms with Crippen LogP contribution in [0.1, 0.15) is 12.5 Å². The average Bonchev–Trinajstić information content (AvgIpc) is 2.52. The number of aryl methyl sites for hydroxylation is 1. The van der Waals surface area contributed by atoms with Crippen LogP contribution in [0.3, 0.4) is 0 Å². The predicted octanol–water partition coefficient (Wildman–Crippen LogP) is 4.26. The fraction of sp³-hybridized carbons (Fsp3) is 0.118. The summed E-state index contributed by atoms with van der Waals surface area (Å²) in [6, 6.07) is 12.8. The van der Waals surface area contributed by atoms with Crippen molar-refractivity contribution in [1.82, 2.24) is 4.98 Å². The molecule has 0 saturated carbocycles. The van der Waals surface area contributed by atoms with Crippen molar-refractivity contribution in [3.05, 3.63) is 60.0 Å². The van der Waals surface area contributed by atoms with Gasteiger partial charge in [-0.2, -0.15) is 0 Å². The number of nitrogens with zero attached hydrogens (tertiary/aromatic N) is 1. The summed E-state index contributed by atoms with van der Waals surface area (Å²) >= 11 is 0. The Balaban J connectivity index is 2.17. The molecule has 0 aliphatic heterocycles.